The molecule has 19 heavy (non-hydrogen) atoms. The van der Waals surface area contributed by atoms with Crippen LogP contribution in [0.25, 0.3) is 0 Å². The highest BCUT2D eigenvalue weighted by Gasteiger charge is 2.25. The van der Waals surface area contributed by atoms with E-state index >= 15 is 0 Å². The maximum atomic E-state index is 12.2. The summed E-state index contributed by atoms with van der Waals surface area (Å²) in [5, 5.41) is 0. The number of carbonyl (C=O) groups is 1. The monoisotopic (exact) mass is 332 g/mol. The minimum atomic E-state index is -0.0165. The lowest BCUT2D eigenvalue weighted by atomic mass is 10.2. The van der Waals surface area contributed by atoms with Crippen LogP contribution in [0.2, 0.25) is 0 Å². The third kappa shape index (κ3) is 4.43. The Bertz CT molecular complexity index is 295. The molecule has 2 saturated heterocycles. The van der Waals surface area contributed by atoms with Gasteiger partial charge < -0.3 is 9.64 Å². The van der Waals surface area contributed by atoms with E-state index in [0.717, 1.165) is 52.2 Å². The predicted molar refractivity (Wildman–Crippen MR) is 79.6 cm³/mol. The van der Waals surface area contributed by atoms with Crippen LogP contribution in [0.5, 0.6) is 0 Å². The summed E-state index contributed by atoms with van der Waals surface area (Å²) < 4.78 is 5.70. The number of ether oxygens (including phenoxy) is 1. The van der Waals surface area contributed by atoms with Gasteiger partial charge in [0.2, 0.25) is 5.91 Å². The van der Waals surface area contributed by atoms with E-state index in [0.29, 0.717) is 6.10 Å². The van der Waals surface area contributed by atoms with Crippen molar-refractivity contribution in [3.8, 4) is 0 Å². The zero-order chi connectivity index (χ0) is 13.7. The molecule has 2 heterocycles. The number of amides is 1. The third-order valence-corrected chi connectivity index (χ3v) is 5.05. The molecule has 2 atom stereocenters. The van der Waals surface area contributed by atoms with Gasteiger partial charge in [-0.15, -0.1) is 0 Å². The highest BCUT2D eigenvalue weighted by Crippen LogP contribution is 2.16. The van der Waals surface area contributed by atoms with Crippen molar-refractivity contribution in [3.05, 3.63) is 0 Å². The van der Waals surface area contributed by atoms with E-state index in [4.69, 9.17) is 4.74 Å². The molecular formula is C14H25BrN2O2. The van der Waals surface area contributed by atoms with Crippen LogP contribution in [-0.4, -0.2) is 66.0 Å². The SMILES string of the molecule is CCC(Br)C(=O)N1CCCN(CC2CCCO2)CC1. The molecule has 2 rings (SSSR count). The molecule has 4 nitrogen and oxygen atoms in total. The van der Waals surface area contributed by atoms with Crippen molar-refractivity contribution in [1.29, 1.82) is 0 Å². The lowest BCUT2D eigenvalue weighted by Gasteiger charge is -2.25. The molecule has 0 aromatic rings. The van der Waals surface area contributed by atoms with E-state index in [1.54, 1.807) is 0 Å². The summed E-state index contributed by atoms with van der Waals surface area (Å²) in [6, 6.07) is 0. The molecule has 0 N–H and O–H groups in total. The summed E-state index contributed by atoms with van der Waals surface area (Å²) in [5.74, 6) is 0.251. The topological polar surface area (TPSA) is 32.8 Å². The number of alkyl halides is 1. The van der Waals surface area contributed by atoms with Gasteiger partial charge >= 0.3 is 0 Å². The first-order valence-corrected chi connectivity index (χ1v) is 8.39. The molecule has 0 aliphatic carbocycles. The van der Waals surface area contributed by atoms with Crippen LogP contribution in [0, 0.1) is 0 Å². The summed E-state index contributed by atoms with van der Waals surface area (Å²) >= 11 is 3.46. The van der Waals surface area contributed by atoms with Gasteiger partial charge in [0.05, 0.1) is 10.9 Å². The van der Waals surface area contributed by atoms with Crippen molar-refractivity contribution in [2.75, 3.05) is 39.3 Å². The first kappa shape index (κ1) is 15.3. The molecule has 2 aliphatic heterocycles. The van der Waals surface area contributed by atoms with Crippen molar-refractivity contribution in [3.63, 3.8) is 0 Å². The van der Waals surface area contributed by atoms with Crippen molar-refractivity contribution in [2.45, 2.75) is 43.5 Å². The van der Waals surface area contributed by atoms with E-state index in [9.17, 15) is 4.79 Å². The molecule has 0 spiro atoms. The minimum Gasteiger partial charge on any atom is -0.377 e. The number of hydrogen-bond acceptors (Lipinski definition) is 3. The van der Waals surface area contributed by atoms with Crippen molar-refractivity contribution < 1.29 is 9.53 Å². The Labute approximate surface area is 124 Å². The van der Waals surface area contributed by atoms with Crippen molar-refractivity contribution >= 4 is 21.8 Å². The molecule has 0 aromatic heterocycles. The van der Waals surface area contributed by atoms with Crippen LogP contribution < -0.4 is 0 Å². The number of carbonyl (C=O) groups excluding carboxylic acids is 1. The molecule has 0 aromatic carbocycles. The maximum Gasteiger partial charge on any atom is 0.236 e. The van der Waals surface area contributed by atoms with Gasteiger partial charge in [-0.05, 0) is 32.2 Å². The van der Waals surface area contributed by atoms with Crippen LogP contribution in [0.3, 0.4) is 0 Å². The lowest BCUT2D eigenvalue weighted by molar-refractivity contribution is -0.130. The second-order valence-electron chi connectivity index (χ2n) is 5.49. The highest BCUT2D eigenvalue weighted by molar-refractivity contribution is 9.10. The van der Waals surface area contributed by atoms with E-state index in [2.05, 4.69) is 20.8 Å². The van der Waals surface area contributed by atoms with Crippen molar-refractivity contribution in [2.24, 2.45) is 0 Å². The van der Waals surface area contributed by atoms with Gasteiger partial charge in [-0.3, -0.25) is 9.69 Å². The number of nitrogens with zero attached hydrogens (tertiary/aromatic N) is 2. The molecule has 0 saturated carbocycles. The van der Waals surface area contributed by atoms with Crippen LogP contribution in [0.4, 0.5) is 0 Å². The summed E-state index contributed by atoms with van der Waals surface area (Å²) in [7, 11) is 0. The fraction of sp³-hybridized carbons (Fsp3) is 0.929. The normalized spacial score (nSPS) is 27.3. The second-order valence-corrected chi connectivity index (χ2v) is 6.60. The van der Waals surface area contributed by atoms with E-state index < -0.39 is 0 Å². The molecular weight excluding hydrogens is 308 g/mol. The lowest BCUT2D eigenvalue weighted by Crippen LogP contribution is -2.40. The van der Waals surface area contributed by atoms with E-state index in [1.807, 2.05) is 11.8 Å². The first-order valence-electron chi connectivity index (χ1n) is 7.47. The molecule has 0 bridgehead atoms. The van der Waals surface area contributed by atoms with Crippen LogP contribution in [0.15, 0.2) is 0 Å². The molecule has 1 amide bonds. The number of hydrogen-bond donors (Lipinski definition) is 0. The van der Waals surface area contributed by atoms with Crippen molar-refractivity contribution in [1.82, 2.24) is 9.80 Å². The molecule has 110 valence electrons. The Morgan fingerprint density at radius 3 is 2.84 bits per heavy atom. The Morgan fingerprint density at radius 1 is 1.32 bits per heavy atom. The molecule has 5 heteroatoms. The number of halogens is 1. The zero-order valence-corrected chi connectivity index (χ0v) is 13.4. The highest BCUT2D eigenvalue weighted by atomic mass is 79.9. The van der Waals surface area contributed by atoms with Gasteiger partial charge in [-0.2, -0.15) is 0 Å². The number of rotatable bonds is 4. The molecule has 2 unspecified atom stereocenters. The van der Waals surface area contributed by atoms with E-state index in [-0.39, 0.29) is 10.7 Å². The maximum absolute atomic E-state index is 12.2. The van der Waals surface area contributed by atoms with Crippen LogP contribution >= 0.6 is 15.9 Å². The fourth-order valence-corrected chi connectivity index (χ4v) is 3.11. The van der Waals surface area contributed by atoms with Gasteiger partial charge in [0.15, 0.2) is 0 Å². The standard InChI is InChI=1S/C14H25BrN2O2/c1-2-13(15)14(18)17-7-4-6-16(8-9-17)11-12-5-3-10-19-12/h12-13H,2-11H2,1H3. The largest absolute Gasteiger partial charge is 0.377 e. The Hall–Kier alpha value is -0.130. The van der Waals surface area contributed by atoms with Crippen LogP contribution in [0.1, 0.15) is 32.6 Å². The third-order valence-electron chi connectivity index (χ3n) is 4.01. The quantitative estimate of drug-likeness (QED) is 0.737. The molecule has 2 fully saturated rings. The van der Waals surface area contributed by atoms with Gasteiger partial charge in [-0.25, -0.2) is 0 Å². The second kappa shape index (κ2) is 7.60. The first-order chi connectivity index (χ1) is 9.20. The Balaban J connectivity index is 1.78. The minimum absolute atomic E-state index is 0.0165. The fourth-order valence-electron chi connectivity index (χ4n) is 2.82. The average molecular weight is 333 g/mol. The summed E-state index contributed by atoms with van der Waals surface area (Å²) in [4.78, 5) is 16.6. The van der Waals surface area contributed by atoms with Crippen LogP contribution in [-0.2, 0) is 9.53 Å². The summed E-state index contributed by atoms with van der Waals surface area (Å²) in [6.07, 6.45) is 4.74. The Kier molecular flexibility index (Phi) is 6.10. The molecule has 0 radical (unpaired) electrons. The Morgan fingerprint density at radius 2 is 2.16 bits per heavy atom. The smallest absolute Gasteiger partial charge is 0.236 e. The zero-order valence-electron chi connectivity index (χ0n) is 11.8. The summed E-state index contributed by atoms with van der Waals surface area (Å²) in [6.45, 7) is 7.81. The van der Waals surface area contributed by atoms with Gasteiger partial charge in [0.25, 0.3) is 0 Å². The van der Waals surface area contributed by atoms with Gasteiger partial charge in [0, 0.05) is 32.8 Å². The molecule has 2 aliphatic rings. The van der Waals surface area contributed by atoms with Gasteiger partial charge in [0.1, 0.15) is 0 Å². The average Bonchev–Trinajstić information content (AvgIpc) is 2.82. The predicted octanol–water partition coefficient (Wildman–Crippen LogP) is 1.87. The van der Waals surface area contributed by atoms with E-state index in [1.165, 1.54) is 12.8 Å². The van der Waals surface area contributed by atoms with Gasteiger partial charge in [-0.1, -0.05) is 22.9 Å². The summed E-state index contributed by atoms with van der Waals surface area (Å²) in [5.41, 5.74) is 0.